The number of guanidine groups is 1. The second-order valence-electron chi connectivity index (χ2n) is 5.51. The van der Waals surface area contributed by atoms with E-state index in [1.807, 2.05) is 49.7 Å². The molecule has 1 heterocycles. The lowest BCUT2D eigenvalue weighted by molar-refractivity contribution is 0.322. The minimum absolute atomic E-state index is 0. The molecule has 0 spiro atoms. The molecule has 1 aromatic heterocycles. The SMILES string of the molecule is CCNC(=NCc1nnc(C)n1C)NCCOc1ccc(C)cc1.I. The van der Waals surface area contributed by atoms with E-state index in [4.69, 9.17) is 4.74 Å². The molecular weight excluding hydrogens is 431 g/mol. The summed E-state index contributed by atoms with van der Waals surface area (Å²) in [5.41, 5.74) is 1.22. The standard InChI is InChI=1S/C17H26N6O.HI/c1-5-18-17(20-12-16-22-21-14(3)23(16)4)19-10-11-24-15-8-6-13(2)7-9-15;/h6-9H,5,10-12H2,1-4H3,(H2,18,19,20);1H. The van der Waals surface area contributed by atoms with Crippen LogP contribution < -0.4 is 15.4 Å². The highest BCUT2D eigenvalue weighted by atomic mass is 127. The first-order valence-electron chi connectivity index (χ1n) is 8.16. The van der Waals surface area contributed by atoms with E-state index in [0.717, 1.165) is 29.9 Å². The van der Waals surface area contributed by atoms with Gasteiger partial charge in [0.2, 0.25) is 0 Å². The maximum absolute atomic E-state index is 5.70. The normalized spacial score (nSPS) is 11.0. The molecule has 0 bridgehead atoms. The van der Waals surface area contributed by atoms with Crippen molar-refractivity contribution in [3.8, 4) is 5.75 Å². The number of hydrogen-bond donors (Lipinski definition) is 2. The van der Waals surface area contributed by atoms with Gasteiger partial charge in [0, 0.05) is 13.6 Å². The van der Waals surface area contributed by atoms with Crippen LogP contribution in [0.15, 0.2) is 29.3 Å². The third kappa shape index (κ3) is 6.89. The average Bonchev–Trinajstić information content (AvgIpc) is 2.90. The highest BCUT2D eigenvalue weighted by molar-refractivity contribution is 14.0. The molecule has 8 heteroatoms. The summed E-state index contributed by atoms with van der Waals surface area (Å²) >= 11 is 0. The molecule has 0 aliphatic heterocycles. The number of aliphatic imine (C=N–C) groups is 1. The van der Waals surface area contributed by atoms with Crippen LogP contribution in [0.1, 0.15) is 24.1 Å². The molecule has 0 amide bonds. The number of hydrogen-bond acceptors (Lipinski definition) is 4. The molecule has 2 rings (SSSR count). The summed E-state index contributed by atoms with van der Waals surface area (Å²) in [6.07, 6.45) is 0. The number of benzene rings is 1. The van der Waals surface area contributed by atoms with Crippen molar-refractivity contribution < 1.29 is 4.74 Å². The van der Waals surface area contributed by atoms with E-state index in [0.29, 0.717) is 19.7 Å². The van der Waals surface area contributed by atoms with Crippen LogP contribution in [0.4, 0.5) is 0 Å². The lowest BCUT2D eigenvalue weighted by atomic mass is 10.2. The Balaban J connectivity index is 0.00000312. The number of halogens is 1. The molecule has 0 saturated carbocycles. The molecule has 0 aliphatic carbocycles. The van der Waals surface area contributed by atoms with Gasteiger partial charge in [-0.1, -0.05) is 17.7 Å². The number of rotatable bonds is 7. The minimum atomic E-state index is 0. The topological polar surface area (TPSA) is 76.4 Å². The van der Waals surface area contributed by atoms with E-state index in [1.165, 1.54) is 5.56 Å². The van der Waals surface area contributed by atoms with E-state index in [-0.39, 0.29) is 24.0 Å². The van der Waals surface area contributed by atoms with Gasteiger partial charge in [0.15, 0.2) is 11.8 Å². The van der Waals surface area contributed by atoms with Gasteiger partial charge in [-0.25, -0.2) is 4.99 Å². The van der Waals surface area contributed by atoms with Gasteiger partial charge in [-0.15, -0.1) is 34.2 Å². The van der Waals surface area contributed by atoms with Crippen molar-refractivity contribution >= 4 is 29.9 Å². The monoisotopic (exact) mass is 458 g/mol. The van der Waals surface area contributed by atoms with E-state index < -0.39 is 0 Å². The Labute approximate surface area is 166 Å². The van der Waals surface area contributed by atoms with Crippen molar-refractivity contribution in [1.82, 2.24) is 25.4 Å². The van der Waals surface area contributed by atoms with Crippen molar-refractivity contribution in [2.75, 3.05) is 19.7 Å². The van der Waals surface area contributed by atoms with Crippen LogP contribution in [0.3, 0.4) is 0 Å². The Bertz CT molecular complexity index is 668. The smallest absolute Gasteiger partial charge is 0.191 e. The lowest BCUT2D eigenvalue weighted by Gasteiger charge is -2.12. The van der Waals surface area contributed by atoms with Gasteiger partial charge in [-0.2, -0.15) is 0 Å². The van der Waals surface area contributed by atoms with Crippen LogP contribution in [0.2, 0.25) is 0 Å². The quantitative estimate of drug-likeness (QED) is 0.288. The third-order valence-electron chi connectivity index (χ3n) is 3.59. The predicted molar refractivity (Wildman–Crippen MR) is 111 cm³/mol. The van der Waals surface area contributed by atoms with Crippen LogP contribution in [-0.4, -0.2) is 40.4 Å². The van der Waals surface area contributed by atoms with Gasteiger partial charge in [-0.05, 0) is 32.9 Å². The molecule has 0 atom stereocenters. The number of aromatic nitrogens is 3. The Kier molecular flexibility index (Phi) is 9.25. The van der Waals surface area contributed by atoms with E-state index in [1.54, 1.807) is 0 Å². The van der Waals surface area contributed by atoms with E-state index in [9.17, 15) is 0 Å². The van der Waals surface area contributed by atoms with Crippen molar-refractivity contribution in [2.45, 2.75) is 27.3 Å². The van der Waals surface area contributed by atoms with Crippen molar-refractivity contribution in [3.05, 3.63) is 41.5 Å². The van der Waals surface area contributed by atoms with E-state index in [2.05, 4.69) is 32.7 Å². The molecule has 0 aliphatic rings. The molecule has 7 nitrogen and oxygen atoms in total. The van der Waals surface area contributed by atoms with Crippen LogP contribution in [0, 0.1) is 13.8 Å². The second kappa shape index (κ2) is 10.9. The first kappa shape index (κ1) is 21.2. The van der Waals surface area contributed by atoms with Crippen LogP contribution in [0.5, 0.6) is 5.75 Å². The van der Waals surface area contributed by atoms with E-state index >= 15 is 0 Å². The number of ether oxygens (including phenoxy) is 1. The molecule has 0 unspecified atom stereocenters. The highest BCUT2D eigenvalue weighted by Gasteiger charge is 2.04. The maximum atomic E-state index is 5.70. The van der Waals surface area contributed by atoms with Gasteiger partial charge in [0.05, 0.1) is 6.54 Å². The third-order valence-corrected chi connectivity index (χ3v) is 3.59. The van der Waals surface area contributed by atoms with Gasteiger partial charge >= 0.3 is 0 Å². The van der Waals surface area contributed by atoms with Crippen LogP contribution in [0.25, 0.3) is 0 Å². The molecule has 138 valence electrons. The lowest BCUT2D eigenvalue weighted by Crippen LogP contribution is -2.39. The summed E-state index contributed by atoms with van der Waals surface area (Å²) in [5.74, 6) is 3.33. The van der Waals surface area contributed by atoms with Crippen molar-refractivity contribution in [1.29, 1.82) is 0 Å². The largest absolute Gasteiger partial charge is 0.492 e. The molecule has 0 fully saturated rings. The fourth-order valence-corrected chi connectivity index (χ4v) is 2.05. The Morgan fingerprint density at radius 1 is 1.16 bits per heavy atom. The fraction of sp³-hybridized carbons (Fsp3) is 0.471. The Hall–Kier alpha value is -1.84. The molecule has 0 radical (unpaired) electrons. The number of aryl methyl sites for hydroxylation is 2. The van der Waals surface area contributed by atoms with Gasteiger partial charge < -0.3 is 19.9 Å². The molecule has 0 saturated heterocycles. The zero-order valence-electron chi connectivity index (χ0n) is 15.2. The summed E-state index contributed by atoms with van der Waals surface area (Å²) in [6, 6.07) is 8.03. The molecule has 2 aromatic rings. The Morgan fingerprint density at radius 2 is 1.88 bits per heavy atom. The zero-order chi connectivity index (χ0) is 17.4. The molecule has 2 N–H and O–H groups in total. The molecule has 1 aromatic carbocycles. The van der Waals surface area contributed by atoms with Gasteiger partial charge in [0.1, 0.15) is 24.7 Å². The fourth-order valence-electron chi connectivity index (χ4n) is 2.05. The van der Waals surface area contributed by atoms with Crippen LogP contribution >= 0.6 is 24.0 Å². The zero-order valence-corrected chi connectivity index (χ0v) is 17.6. The summed E-state index contributed by atoms with van der Waals surface area (Å²) in [4.78, 5) is 4.53. The first-order chi connectivity index (χ1) is 11.6. The van der Waals surface area contributed by atoms with Gasteiger partial charge in [-0.3, -0.25) is 0 Å². The highest BCUT2D eigenvalue weighted by Crippen LogP contribution is 2.10. The van der Waals surface area contributed by atoms with Crippen molar-refractivity contribution in [2.24, 2.45) is 12.0 Å². The molecule has 25 heavy (non-hydrogen) atoms. The van der Waals surface area contributed by atoms with Gasteiger partial charge in [0.25, 0.3) is 0 Å². The Morgan fingerprint density at radius 3 is 2.48 bits per heavy atom. The number of nitrogens with zero attached hydrogens (tertiary/aromatic N) is 4. The number of nitrogens with one attached hydrogen (secondary N) is 2. The average molecular weight is 458 g/mol. The predicted octanol–water partition coefficient (Wildman–Crippen LogP) is 2.18. The first-order valence-corrected chi connectivity index (χ1v) is 8.16. The summed E-state index contributed by atoms with van der Waals surface area (Å²) in [7, 11) is 1.94. The second-order valence-corrected chi connectivity index (χ2v) is 5.51. The maximum Gasteiger partial charge on any atom is 0.191 e. The summed E-state index contributed by atoms with van der Waals surface area (Å²) in [5, 5.41) is 14.6. The van der Waals surface area contributed by atoms with Crippen molar-refractivity contribution in [3.63, 3.8) is 0 Å². The summed E-state index contributed by atoms with van der Waals surface area (Å²) < 4.78 is 7.64. The molecular formula is C17H27IN6O. The van der Waals surface area contributed by atoms with Crippen LogP contribution in [-0.2, 0) is 13.6 Å². The summed E-state index contributed by atoms with van der Waals surface area (Å²) in [6.45, 7) is 8.52. The minimum Gasteiger partial charge on any atom is -0.492 e.